The summed E-state index contributed by atoms with van der Waals surface area (Å²) in [5.74, 6) is 0.892. The van der Waals surface area contributed by atoms with Crippen molar-refractivity contribution < 1.29 is 9.59 Å². The molecule has 0 spiro atoms. The van der Waals surface area contributed by atoms with Gasteiger partial charge in [0, 0.05) is 24.7 Å². The molecule has 1 aliphatic rings. The summed E-state index contributed by atoms with van der Waals surface area (Å²) in [5, 5.41) is 5.83. The van der Waals surface area contributed by atoms with Crippen LogP contribution in [0.2, 0.25) is 0 Å². The molecule has 0 saturated carbocycles. The van der Waals surface area contributed by atoms with Crippen LogP contribution in [0.3, 0.4) is 0 Å². The summed E-state index contributed by atoms with van der Waals surface area (Å²) in [5.41, 5.74) is 4.43. The Balaban J connectivity index is 1.71. The Kier molecular flexibility index (Phi) is 6.78. The first-order chi connectivity index (χ1) is 13.1. The van der Waals surface area contributed by atoms with Crippen molar-refractivity contribution in [1.29, 1.82) is 0 Å². The number of anilines is 1. The summed E-state index contributed by atoms with van der Waals surface area (Å²) in [7, 11) is 1.82. The van der Waals surface area contributed by atoms with Crippen LogP contribution in [0.25, 0.3) is 0 Å². The van der Waals surface area contributed by atoms with Crippen LogP contribution in [-0.4, -0.2) is 30.4 Å². The third kappa shape index (κ3) is 5.04. The van der Waals surface area contributed by atoms with Crippen LogP contribution in [-0.2, 0) is 17.6 Å². The molecule has 1 aliphatic carbocycles. The van der Waals surface area contributed by atoms with E-state index in [1.165, 1.54) is 16.7 Å². The third-order valence-corrected chi connectivity index (χ3v) is 5.40. The summed E-state index contributed by atoms with van der Waals surface area (Å²) in [4.78, 5) is 28.0. The molecule has 6 nitrogen and oxygen atoms in total. The van der Waals surface area contributed by atoms with E-state index in [1.54, 1.807) is 6.20 Å². The van der Waals surface area contributed by atoms with E-state index in [1.807, 2.05) is 54.2 Å². The summed E-state index contributed by atoms with van der Waals surface area (Å²) in [6.45, 7) is 0.641. The molecule has 1 aromatic heterocycles. The van der Waals surface area contributed by atoms with E-state index < -0.39 is 0 Å². The molecule has 0 aliphatic heterocycles. The molecule has 27 heavy (non-hydrogen) atoms. The average molecular weight is 478 g/mol. The molecule has 1 atom stereocenters. The van der Waals surface area contributed by atoms with Crippen LogP contribution in [0.15, 0.2) is 36.5 Å². The van der Waals surface area contributed by atoms with Crippen molar-refractivity contribution >= 4 is 40.5 Å². The molecule has 142 valence electrons. The maximum absolute atomic E-state index is 11.9. The minimum Gasteiger partial charge on any atom is -0.319 e. The number of carbonyl (C=O) groups is 2. The van der Waals surface area contributed by atoms with E-state index in [9.17, 15) is 9.59 Å². The topological polar surface area (TPSA) is 83.1 Å². The van der Waals surface area contributed by atoms with E-state index in [4.69, 9.17) is 0 Å². The van der Waals surface area contributed by atoms with Crippen molar-refractivity contribution in [2.45, 2.75) is 31.6 Å². The number of rotatable bonds is 6. The predicted octanol–water partition coefficient (Wildman–Crippen LogP) is 2.98. The van der Waals surface area contributed by atoms with Gasteiger partial charge < -0.3 is 10.6 Å². The Hall–Kier alpha value is -2.00. The fourth-order valence-electron chi connectivity index (χ4n) is 3.45. The highest BCUT2D eigenvalue weighted by Gasteiger charge is 2.21. The number of halogens is 1. The molecular formula is C20H23IN4O2. The fraction of sp³-hybridized carbons (Fsp3) is 0.350. The van der Waals surface area contributed by atoms with Crippen molar-refractivity contribution in [2.75, 3.05) is 18.9 Å². The highest BCUT2D eigenvalue weighted by atomic mass is 127. The maximum Gasteiger partial charge on any atom is 0.259 e. The second-order valence-electron chi connectivity index (χ2n) is 6.72. The first-order valence-corrected chi connectivity index (χ1v) is 10.1. The van der Waals surface area contributed by atoms with Crippen LogP contribution in [0, 0.1) is 0 Å². The number of fused-ring (bicyclic) bond motifs is 1. The lowest BCUT2D eigenvalue weighted by Gasteiger charge is -2.25. The standard InChI is InChI=1S/C20H23IN4O2/c1-22-8-7-19(26)24-18-12-16(6-9-23-18)14-2-3-15-11-17(20(27)25-21)5-4-13(15)10-14/h4-6,9,11-12,14,22H,2-3,7-8,10H2,1H3,(H,25,27)(H,23,24,26). The molecule has 7 heteroatoms. The summed E-state index contributed by atoms with van der Waals surface area (Å²) in [6, 6.07) is 9.95. The largest absolute Gasteiger partial charge is 0.319 e. The summed E-state index contributed by atoms with van der Waals surface area (Å²) >= 11 is 1.86. The SMILES string of the molecule is CNCCC(=O)Nc1cc(C2CCc3cc(C(=O)NI)ccc3C2)ccn1. The zero-order valence-corrected chi connectivity index (χ0v) is 17.4. The number of hydrogen-bond donors (Lipinski definition) is 3. The minimum absolute atomic E-state index is 0.0379. The molecule has 0 saturated heterocycles. The first-order valence-electron chi connectivity index (χ1n) is 9.04. The van der Waals surface area contributed by atoms with E-state index in [2.05, 4.69) is 25.2 Å². The maximum atomic E-state index is 11.9. The second-order valence-corrected chi connectivity index (χ2v) is 7.26. The number of carbonyl (C=O) groups excluding carboxylic acids is 2. The molecule has 1 heterocycles. The van der Waals surface area contributed by atoms with Gasteiger partial charge in [-0.25, -0.2) is 4.98 Å². The third-order valence-electron chi connectivity index (χ3n) is 4.91. The molecule has 2 aromatic rings. The first kappa shape index (κ1) is 19.8. The Bertz CT molecular complexity index is 840. The van der Waals surface area contributed by atoms with Gasteiger partial charge in [0.15, 0.2) is 0 Å². The van der Waals surface area contributed by atoms with E-state index in [0.29, 0.717) is 30.3 Å². The lowest BCUT2D eigenvalue weighted by molar-refractivity contribution is -0.116. The smallest absolute Gasteiger partial charge is 0.259 e. The molecule has 0 bridgehead atoms. The zero-order chi connectivity index (χ0) is 19.2. The minimum atomic E-state index is -0.0617. The van der Waals surface area contributed by atoms with Gasteiger partial charge in [0.2, 0.25) is 5.91 Å². The average Bonchev–Trinajstić information content (AvgIpc) is 2.71. The number of nitrogens with one attached hydrogen (secondary N) is 3. The van der Waals surface area contributed by atoms with Gasteiger partial charge in [-0.05, 0) is 73.2 Å². The van der Waals surface area contributed by atoms with E-state index in [-0.39, 0.29) is 11.8 Å². The Morgan fingerprint density at radius 2 is 2.07 bits per heavy atom. The van der Waals surface area contributed by atoms with E-state index in [0.717, 1.165) is 19.3 Å². The fourth-order valence-corrected chi connectivity index (χ4v) is 3.76. The lowest BCUT2D eigenvalue weighted by atomic mass is 9.80. The quantitative estimate of drug-likeness (QED) is 0.441. The second kappa shape index (κ2) is 9.27. The number of nitrogens with zero attached hydrogens (tertiary/aromatic N) is 1. The van der Waals surface area contributed by atoms with Crippen LogP contribution in [0.5, 0.6) is 0 Å². The van der Waals surface area contributed by atoms with Crippen molar-refractivity contribution in [3.8, 4) is 0 Å². The summed E-state index contributed by atoms with van der Waals surface area (Å²) in [6.07, 6.45) is 5.06. The monoisotopic (exact) mass is 478 g/mol. The van der Waals surface area contributed by atoms with Gasteiger partial charge in [-0.3, -0.25) is 13.1 Å². The number of benzene rings is 1. The van der Waals surface area contributed by atoms with Crippen LogP contribution < -0.4 is 14.2 Å². The molecule has 3 rings (SSSR count). The van der Waals surface area contributed by atoms with Crippen LogP contribution in [0.4, 0.5) is 5.82 Å². The van der Waals surface area contributed by atoms with Gasteiger partial charge >= 0.3 is 0 Å². The van der Waals surface area contributed by atoms with Crippen molar-refractivity contribution in [3.05, 3.63) is 58.8 Å². The zero-order valence-electron chi connectivity index (χ0n) is 15.2. The number of amides is 2. The van der Waals surface area contributed by atoms with Gasteiger partial charge in [0.1, 0.15) is 5.82 Å². The van der Waals surface area contributed by atoms with Gasteiger partial charge in [-0.15, -0.1) is 0 Å². The van der Waals surface area contributed by atoms with Crippen LogP contribution >= 0.6 is 22.9 Å². The molecule has 3 N–H and O–H groups in total. The highest BCUT2D eigenvalue weighted by Crippen LogP contribution is 2.33. The Morgan fingerprint density at radius 1 is 1.22 bits per heavy atom. The molecule has 2 amide bonds. The molecule has 0 radical (unpaired) electrons. The van der Waals surface area contributed by atoms with Gasteiger partial charge in [-0.1, -0.05) is 6.07 Å². The Labute approximate surface area is 173 Å². The van der Waals surface area contributed by atoms with E-state index >= 15 is 0 Å². The van der Waals surface area contributed by atoms with Gasteiger partial charge in [0.05, 0.1) is 22.9 Å². The van der Waals surface area contributed by atoms with Crippen molar-refractivity contribution in [1.82, 2.24) is 13.8 Å². The number of hydrogen-bond acceptors (Lipinski definition) is 4. The van der Waals surface area contributed by atoms with Gasteiger partial charge in [-0.2, -0.15) is 0 Å². The normalized spacial score (nSPS) is 15.7. The predicted molar refractivity (Wildman–Crippen MR) is 114 cm³/mol. The molecular weight excluding hydrogens is 455 g/mol. The number of aryl methyl sites for hydroxylation is 1. The van der Waals surface area contributed by atoms with Crippen LogP contribution in [0.1, 0.15) is 45.8 Å². The van der Waals surface area contributed by atoms with Gasteiger partial charge in [0.25, 0.3) is 5.91 Å². The number of pyridine rings is 1. The Morgan fingerprint density at radius 3 is 2.85 bits per heavy atom. The molecule has 0 fully saturated rings. The lowest BCUT2D eigenvalue weighted by Crippen LogP contribution is -2.19. The highest BCUT2D eigenvalue weighted by molar-refractivity contribution is 14.1. The molecule has 1 unspecified atom stereocenters. The summed E-state index contributed by atoms with van der Waals surface area (Å²) < 4.78 is 2.64. The van der Waals surface area contributed by atoms with Crippen molar-refractivity contribution in [2.24, 2.45) is 0 Å². The molecule has 1 aromatic carbocycles. The van der Waals surface area contributed by atoms with Crippen molar-refractivity contribution in [3.63, 3.8) is 0 Å². The number of aromatic nitrogens is 1.